The molecule has 0 bridgehead atoms. The van der Waals surface area contributed by atoms with E-state index in [1.165, 1.54) is 0 Å². The fourth-order valence-corrected chi connectivity index (χ4v) is 5.81. The van der Waals surface area contributed by atoms with Crippen molar-refractivity contribution in [1.82, 2.24) is 0 Å². The fraction of sp³-hybridized carbons (Fsp3) is 0.229. The molecule has 0 spiro atoms. The Bertz CT molecular complexity index is 1590. The standard InChI is InChI=1S/C35H34N2O5/c1-39-31-19-25(20-32(40-2)35(31)41-3)24-17-29-33(30(38)18-24)34(37-28-12-8-7-11-27(28)36-29)23-13-15-26(16-14-23)42-21-22-9-5-4-6-10-22/h4-16,19-20,24,34,36-37H,17-18,21H2,1-3H3. The Labute approximate surface area is 246 Å². The Morgan fingerprint density at radius 3 is 2.07 bits per heavy atom. The van der Waals surface area contributed by atoms with Gasteiger partial charge in [0, 0.05) is 17.7 Å². The summed E-state index contributed by atoms with van der Waals surface area (Å²) in [5.74, 6) is 2.50. The van der Waals surface area contributed by atoms with Gasteiger partial charge in [0.05, 0.1) is 38.7 Å². The van der Waals surface area contributed by atoms with E-state index in [4.69, 9.17) is 18.9 Å². The van der Waals surface area contributed by atoms with Gasteiger partial charge in [-0.25, -0.2) is 0 Å². The van der Waals surface area contributed by atoms with E-state index in [0.717, 1.165) is 45.1 Å². The quantitative estimate of drug-likeness (QED) is 0.234. The van der Waals surface area contributed by atoms with E-state index in [-0.39, 0.29) is 17.7 Å². The molecule has 2 aliphatic rings. The molecule has 2 atom stereocenters. The third-order valence-corrected chi connectivity index (χ3v) is 7.93. The summed E-state index contributed by atoms with van der Waals surface area (Å²) in [6.45, 7) is 0.495. The molecule has 1 aliphatic carbocycles. The molecule has 0 amide bonds. The molecule has 7 nitrogen and oxygen atoms in total. The van der Waals surface area contributed by atoms with Crippen LogP contribution in [-0.4, -0.2) is 27.1 Å². The number of nitrogens with one attached hydrogen (secondary N) is 2. The lowest BCUT2D eigenvalue weighted by Gasteiger charge is -2.30. The number of hydrogen-bond acceptors (Lipinski definition) is 7. The number of hydrogen-bond donors (Lipinski definition) is 2. The van der Waals surface area contributed by atoms with Gasteiger partial charge < -0.3 is 29.6 Å². The van der Waals surface area contributed by atoms with Crippen LogP contribution in [0.4, 0.5) is 11.4 Å². The molecule has 0 saturated carbocycles. The Morgan fingerprint density at radius 1 is 0.738 bits per heavy atom. The smallest absolute Gasteiger partial charge is 0.203 e. The minimum absolute atomic E-state index is 0.0582. The van der Waals surface area contributed by atoms with Crippen LogP contribution >= 0.6 is 0 Å². The van der Waals surface area contributed by atoms with Crippen molar-refractivity contribution in [2.75, 3.05) is 32.0 Å². The second kappa shape index (κ2) is 11.9. The molecule has 4 aromatic rings. The van der Waals surface area contributed by atoms with E-state index in [0.29, 0.717) is 36.7 Å². The number of anilines is 2. The van der Waals surface area contributed by atoms with Crippen LogP contribution in [0.1, 0.15) is 41.5 Å². The van der Waals surface area contributed by atoms with Gasteiger partial charge in [-0.15, -0.1) is 0 Å². The summed E-state index contributed by atoms with van der Waals surface area (Å²) in [4.78, 5) is 14.0. The van der Waals surface area contributed by atoms with Gasteiger partial charge in [-0.05, 0) is 65.4 Å². The maximum atomic E-state index is 14.0. The summed E-state index contributed by atoms with van der Waals surface area (Å²) in [5.41, 5.74) is 6.62. The summed E-state index contributed by atoms with van der Waals surface area (Å²) in [6, 6.07) is 29.7. The van der Waals surface area contributed by atoms with E-state index in [2.05, 4.69) is 10.6 Å². The van der Waals surface area contributed by atoms with E-state index < -0.39 is 0 Å². The van der Waals surface area contributed by atoms with Crippen LogP contribution < -0.4 is 29.6 Å². The molecule has 1 heterocycles. The minimum atomic E-state index is -0.312. The van der Waals surface area contributed by atoms with Crippen molar-refractivity contribution in [3.8, 4) is 23.0 Å². The van der Waals surface area contributed by atoms with Gasteiger partial charge in [-0.2, -0.15) is 0 Å². The zero-order valence-corrected chi connectivity index (χ0v) is 24.0. The van der Waals surface area contributed by atoms with E-state index in [9.17, 15) is 4.79 Å². The molecule has 0 radical (unpaired) electrons. The number of benzene rings is 4. The summed E-state index contributed by atoms with van der Waals surface area (Å²) in [7, 11) is 4.79. The first-order valence-corrected chi connectivity index (χ1v) is 14.0. The number of carbonyl (C=O) groups is 1. The molecule has 2 unspecified atom stereocenters. The van der Waals surface area contributed by atoms with Crippen molar-refractivity contribution in [3.63, 3.8) is 0 Å². The Hall–Kier alpha value is -4.91. The molecule has 1 aliphatic heterocycles. The molecule has 2 N–H and O–H groups in total. The molecule has 214 valence electrons. The highest BCUT2D eigenvalue weighted by Crippen LogP contribution is 2.47. The van der Waals surface area contributed by atoms with Crippen LogP contribution in [0.15, 0.2) is 102 Å². The first kappa shape index (κ1) is 27.3. The average Bonchev–Trinajstić information content (AvgIpc) is 3.21. The molecular weight excluding hydrogens is 528 g/mol. The number of methoxy groups -OCH3 is 3. The van der Waals surface area contributed by atoms with Crippen LogP contribution in [0.25, 0.3) is 0 Å². The van der Waals surface area contributed by atoms with Gasteiger partial charge in [0.2, 0.25) is 5.75 Å². The zero-order chi connectivity index (χ0) is 29.1. The van der Waals surface area contributed by atoms with Crippen molar-refractivity contribution >= 4 is 17.2 Å². The fourth-order valence-electron chi connectivity index (χ4n) is 5.81. The summed E-state index contributed by atoms with van der Waals surface area (Å²) >= 11 is 0. The number of ketones is 1. The number of carbonyl (C=O) groups excluding carboxylic acids is 1. The van der Waals surface area contributed by atoms with E-state index in [1.54, 1.807) is 21.3 Å². The second-order valence-electron chi connectivity index (χ2n) is 10.5. The van der Waals surface area contributed by atoms with Gasteiger partial charge in [-0.3, -0.25) is 4.79 Å². The topological polar surface area (TPSA) is 78.1 Å². The van der Waals surface area contributed by atoms with Crippen LogP contribution in [0.2, 0.25) is 0 Å². The zero-order valence-electron chi connectivity index (χ0n) is 24.0. The first-order chi connectivity index (χ1) is 20.6. The molecule has 42 heavy (non-hydrogen) atoms. The van der Waals surface area contributed by atoms with Gasteiger partial charge in [-0.1, -0.05) is 54.6 Å². The summed E-state index contributed by atoms with van der Waals surface area (Å²) < 4.78 is 22.7. The SMILES string of the molecule is COc1cc(C2CC(=O)C3=C(C2)Nc2ccccc2NC3c2ccc(OCc3ccccc3)cc2)cc(OC)c1OC. The number of fused-ring (bicyclic) bond motifs is 1. The van der Waals surface area contributed by atoms with Gasteiger partial charge in [0.25, 0.3) is 0 Å². The Balaban J connectivity index is 1.33. The van der Waals surface area contributed by atoms with Crippen LogP contribution in [-0.2, 0) is 11.4 Å². The lowest BCUT2D eigenvalue weighted by Crippen LogP contribution is -2.27. The third kappa shape index (κ3) is 5.38. The van der Waals surface area contributed by atoms with E-state index in [1.807, 2.05) is 91.0 Å². The van der Waals surface area contributed by atoms with Crippen LogP contribution in [0.5, 0.6) is 23.0 Å². The largest absolute Gasteiger partial charge is 0.493 e. The van der Waals surface area contributed by atoms with Crippen molar-refractivity contribution in [2.45, 2.75) is 31.4 Å². The normalized spacial score (nSPS) is 17.6. The number of Topliss-reactive ketones (excluding diaryl/α,β-unsaturated/α-hetero) is 1. The van der Waals surface area contributed by atoms with Crippen LogP contribution in [0, 0.1) is 0 Å². The lowest BCUT2D eigenvalue weighted by molar-refractivity contribution is -0.116. The predicted octanol–water partition coefficient (Wildman–Crippen LogP) is 7.27. The van der Waals surface area contributed by atoms with Crippen molar-refractivity contribution < 1.29 is 23.7 Å². The minimum Gasteiger partial charge on any atom is -0.493 e. The van der Waals surface area contributed by atoms with Gasteiger partial charge in [0.1, 0.15) is 12.4 Å². The maximum absolute atomic E-state index is 14.0. The Morgan fingerprint density at radius 2 is 1.40 bits per heavy atom. The molecule has 7 heteroatoms. The van der Waals surface area contributed by atoms with Crippen molar-refractivity contribution in [2.24, 2.45) is 0 Å². The van der Waals surface area contributed by atoms with Gasteiger partial charge in [0.15, 0.2) is 17.3 Å². The third-order valence-electron chi connectivity index (χ3n) is 7.93. The maximum Gasteiger partial charge on any atom is 0.203 e. The Kier molecular flexibility index (Phi) is 7.73. The molecule has 0 saturated heterocycles. The average molecular weight is 563 g/mol. The van der Waals surface area contributed by atoms with Gasteiger partial charge >= 0.3 is 0 Å². The number of para-hydroxylation sites is 2. The second-order valence-corrected chi connectivity index (χ2v) is 10.5. The first-order valence-electron chi connectivity index (χ1n) is 14.0. The molecule has 6 rings (SSSR count). The highest BCUT2D eigenvalue weighted by Gasteiger charge is 2.36. The number of allylic oxidation sites excluding steroid dienone is 1. The summed E-state index contributed by atoms with van der Waals surface area (Å²) in [6.07, 6.45) is 1.02. The predicted molar refractivity (Wildman–Crippen MR) is 164 cm³/mol. The van der Waals surface area contributed by atoms with E-state index >= 15 is 0 Å². The number of rotatable bonds is 8. The molecular formula is C35H34N2O5. The van der Waals surface area contributed by atoms with Crippen LogP contribution in [0.3, 0.4) is 0 Å². The van der Waals surface area contributed by atoms with Crippen molar-refractivity contribution in [1.29, 1.82) is 0 Å². The highest BCUT2D eigenvalue weighted by atomic mass is 16.5. The highest BCUT2D eigenvalue weighted by molar-refractivity contribution is 6.01. The summed E-state index contributed by atoms with van der Waals surface area (Å²) in [5, 5.41) is 7.26. The van der Waals surface area contributed by atoms with Crippen molar-refractivity contribution in [3.05, 3.63) is 119 Å². The number of ether oxygens (including phenoxy) is 4. The lowest BCUT2D eigenvalue weighted by atomic mass is 9.78. The molecule has 0 aromatic heterocycles. The molecule has 4 aromatic carbocycles. The molecule has 0 fully saturated rings. The monoisotopic (exact) mass is 562 g/mol.